The minimum atomic E-state index is 0.0644. The van der Waals surface area contributed by atoms with E-state index < -0.39 is 0 Å². The summed E-state index contributed by atoms with van der Waals surface area (Å²) in [4.78, 5) is 11.3. The van der Waals surface area contributed by atoms with Gasteiger partial charge in [-0.25, -0.2) is 0 Å². The summed E-state index contributed by atoms with van der Waals surface area (Å²) in [6.45, 7) is 0.156. The fourth-order valence-electron chi connectivity index (χ4n) is 1.26. The van der Waals surface area contributed by atoms with Gasteiger partial charge in [-0.15, -0.1) is 0 Å². The first-order valence-corrected chi connectivity index (χ1v) is 5.29. The zero-order chi connectivity index (χ0) is 11.3. The maximum Gasteiger partial charge on any atom is 0.162 e. The Morgan fingerprint density at radius 3 is 2.67 bits per heavy atom. The molecular formula is C11H13BrO3. The average Bonchev–Trinajstić information content (AvgIpc) is 2.18. The second-order valence-corrected chi connectivity index (χ2v) is 3.97. The number of ketones is 1. The third-order valence-electron chi connectivity index (χ3n) is 1.92. The van der Waals surface area contributed by atoms with Crippen LogP contribution in [0.25, 0.3) is 0 Å². The van der Waals surface area contributed by atoms with Gasteiger partial charge >= 0.3 is 0 Å². The van der Waals surface area contributed by atoms with Crippen molar-refractivity contribution in [1.29, 1.82) is 0 Å². The van der Waals surface area contributed by atoms with Crippen LogP contribution in [0.4, 0.5) is 0 Å². The minimum Gasteiger partial charge on any atom is -0.496 e. The van der Waals surface area contributed by atoms with Gasteiger partial charge in [0.1, 0.15) is 12.4 Å². The quantitative estimate of drug-likeness (QED) is 0.825. The van der Waals surface area contributed by atoms with Crippen LogP contribution in [0.1, 0.15) is 5.56 Å². The van der Waals surface area contributed by atoms with Gasteiger partial charge in [0, 0.05) is 13.5 Å². The van der Waals surface area contributed by atoms with Crippen LogP contribution in [-0.4, -0.2) is 26.6 Å². The molecule has 82 valence electrons. The highest BCUT2D eigenvalue weighted by Crippen LogP contribution is 2.25. The van der Waals surface area contributed by atoms with E-state index in [4.69, 9.17) is 9.47 Å². The smallest absolute Gasteiger partial charge is 0.162 e. The fourth-order valence-corrected chi connectivity index (χ4v) is 1.85. The molecule has 15 heavy (non-hydrogen) atoms. The lowest BCUT2D eigenvalue weighted by Gasteiger charge is -2.05. The normalized spacial score (nSPS) is 10.1. The zero-order valence-corrected chi connectivity index (χ0v) is 10.3. The first-order valence-electron chi connectivity index (χ1n) is 4.50. The summed E-state index contributed by atoms with van der Waals surface area (Å²) < 4.78 is 10.7. The SMILES string of the molecule is COCC(=O)Cc1ccc(OC)c(Br)c1. The van der Waals surface area contributed by atoms with Crippen LogP contribution < -0.4 is 4.74 Å². The number of rotatable bonds is 5. The van der Waals surface area contributed by atoms with Crippen LogP contribution in [0.5, 0.6) is 5.75 Å². The Morgan fingerprint density at radius 1 is 1.40 bits per heavy atom. The van der Waals surface area contributed by atoms with Crippen LogP contribution in [0.15, 0.2) is 22.7 Å². The molecule has 0 spiro atoms. The van der Waals surface area contributed by atoms with Crippen molar-refractivity contribution in [2.75, 3.05) is 20.8 Å². The number of hydrogen-bond acceptors (Lipinski definition) is 3. The summed E-state index contributed by atoms with van der Waals surface area (Å²) in [5.41, 5.74) is 0.949. The van der Waals surface area contributed by atoms with Crippen molar-refractivity contribution >= 4 is 21.7 Å². The van der Waals surface area contributed by atoms with Crippen molar-refractivity contribution in [3.8, 4) is 5.75 Å². The molecule has 0 saturated heterocycles. The van der Waals surface area contributed by atoms with E-state index in [1.807, 2.05) is 18.2 Å². The Morgan fingerprint density at radius 2 is 2.13 bits per heavy atom. The summed E-state index contributed by atoms with van der Waals surface area (Å²) in [6.07, 6.45) is 0.385. The number of carbonyl (C=O) groups excluding carboxylic acids is 1. The number of benzene rings is 1. The third-order valence-corrected chi connectivity index (χ3v) is 2.54. The average molecular weight is 273 g/mol. The van der Waals surface area contributed by atoms with E-state index in [2.05, 4.69) is 15.9 Å². The van der Waals surface area contributed by atoms with E-state index in [0.29, 0.717) is 6.42 Å². The van der Waals surface area contributed by atoms with Gasteiger partial charge in [0.25, 0.3) is 0 Å². The molecule has 1 aromatic carbocycles. The van der Waals surface area contributed by atoms with E-state index in [1.54, 1.807) is 7.11 Å². The Kier molecular flexibility index (Phi) is 4.78. The number of halogens is 1. The Bertz CT molecular complexity index is 350. The lowest BCUT2D eigenvalue weighted by molar-refractivity contribution is -0.121. The Balaban J connectivity index is 2.71. The largest absolute Gasteiger partial charge is 0.496 e. The van der Waals surface area contributed by atoms with E-state index >= 15 is 0 Å². The summed E-state index contributed by atoms with van der Waals surface area (Å²) >= 11 is 3.37. The molecule has 1 aromatic rings. The number of methoxy groups -OCH3 is 2. The van der Waals surface area contributed by atoms with Gasteiger partial charge in [0.2, 0.25) is 0 Å². The van der Waals surface area contributed by atoms with Gasteiger partial charge in [-0.05, 0) is 33.6 Å². The number of ether oxygens (including phenoxy) is 2. The van der Waals surface area contributed by atoms with Crippen LogP contribution >= 0.6 is 15.9 Å². The molecule has 0 atom stereocenters. The molecule has 0 fully saturated rings. The highest BCUT2D eigenvalue weighted by Gasteiger charge is 2.06. The van der Waals surface area contributed by atoms with Gasteiger partial charge in [-0.3, -0.25) is 4.79 Å². The van der Waals surface area contributed by atoms with E-state index in [-0.39, 0.29) is 12.4 Å². The highest BCUT2D eigenvalue weighted by molar-refractivity contribution is 9.10. The maximum atomic E-state index is 11.3. The van der Waals surface area contributed by atoms with E-state index in [9.17, 15) is 4.79 Å². The highest BCUT2D eigenvalue weighted by atomic mass is 79.9. The standard InChI is InChI=1S/C11H13BrO3/c1-14-7-9(13)5-8-3-4-11(15-2)10(12)6-8/h3-4,6H,5,7H2,1-2H3. The molecule has 4 heteroatoms. The predicted molar refractivity (Wildman–Crippen MR) is 61.3 cm³/mol. The molecule has 0 aliphatic carbocycles. The van der Waals surface area contributed by atoms with Gasteiger partial charge in [0.15, 0.2) is 5.78 Å². The number of hydrogen-bond donors (Lipinski definition) is 0. The number of Topliss-reactive ketones (excluding diaryl/α,β-unsaturated/α-hetero) is 1. The molecule has 0 bridgehead atoms. The molecule has 0 amide bonds. The van der Waals surface area contributed by atoms with Gasteiger partial charge < -0.3 is 9.47 Å². The minimum absolute atomic E-state index is 0.0644. The topological polar surface area (TPSA) is 35.5 Å². The summed E-state index contributed by atoms with van der Waals surface area (Å²) in [5.74, 6) is 0.826. The van der Waals surface area contributed by atoms with Gasteiger partial charge in [-0.2, -0.15) is 0 Å². The van der Waals surface area contributed by atoms with Crippen molar-refractivity contribution < 1.29 is 14.3 Å². The summed E-state index contributed by atoms with van der Waals surface area (Å²) in [5, 5.41) is 0. The second-order valence-electron chi connectivity index (χ2n) is 3.12. The summed E-state index contributed by atoms with van der Waals surface area (Å²) in [7, 11) is 3.12. The van der Waals surface area contributed by atoms with Gasteiger partial charge in [0.05, 0.1) is 11.6 Å². The second kappa shape index (κ2) is 5.88. The number of carbonyl (C=O) groups is 1. The van der Waals surface area contributed by atoms with Crippen LogP contribution in [0.2, 0.25) is 0 Å². The lowest BCUT2D eigenvalue weighted by Crippen LogP contribution is -2.09. The molecule has 0 aliphatic rings. The van der Waals surface area contributed by atoms with Gasteiger partial charge in [-0.1, -0.05) is 6.07 Å². The van der Waals surface area contributed by atoms with Crippen molar-refractivity contribution in [1.82, 2.24) is 0 Å². The molecule has 0 saturated carbocycles. The molecule has 3 nitrogen and oxygen atoms in total. The molecule has 0 unspecified atom stereocenters. The van der Waals surface area contributed by atoms with Crippen molar-refractivity contribution in [3.05, 3.63) is 28.2 Å². The Hall–Kier alpha value is -0.870. The van der Waals surface area contributed by atoms with Crippen LogP contribution in [0, 0.1) is 0 Å². The fraction of sp³-hybridized carbons (Fsp3) is 0.364. The molecule has 0 radical (unpaired) electrons. The lowest BCUT2D eigenvalue weighted by atomic mass is 10.1. The van der Waals surface area contributed by atoms with Crippen LogP contribution in [-0.2, 0) is 16.0 Å². The monoisotopic (exact) mass is 272 g/mol. The molecular weight excluding hydrogens is 260 g/mol. The third kappa shape index (κ3) is 3.64. The van der Waals surface area contributed by atoms with Crippen molar-refractivity contribution in [2.45, 2.75) is 6.42 Å². The molecule has 0 N–H and O–H groups in total. The Labute approximate surface area is 97.5 Å². The van der Waals surface area contributed by atoms with E-state index in [0.717, 1.165) is 15.8 Å². The van der Waals surface area contributed by atoms with Crippen LogP contribution in [0.3, 0.4) is 0 Å². The maximum absolute atomic E-state index is 11.3. The first kappa shape index (κ1) is 12.2. The van der Waals surface area contributed by atoms with Crippen molar-refractivity contribution in [2.24, 2.45) is 0 Å². The predicted octanol–water partition coefficient (Wildman–Crippen LogP) is 2.22. The van der Waals surface area contributed by atoms with Crippen molar-refractivity contribution in [3.63, 3.8) is 0 Å². The molecule has 0 heterocycles. The van der Waals surface area contributed by atoms with E-state index in [1.165, 1.54) is 7.11 Å². The molecule has 0 aromatic heterocycles. The molecule has 1 rings (SSSR count). The molecule has 0 aliphatic heterocycles. The zero-order valence-electron chi connectivity index (χ0n) is 8.75. The first-order chi connectivity index (χ1) is 7.17. The summed E-state index contributed by atoms with van der Waals surface area (Å²) in [6, 6.07) is 5.59.